The second kappa shape index (κ2) is 7.29. The quantitative estimate of drug-likeness (QED) is 0.810. The largest absolute Gasteiger partial charge is 0.478 e. The van der Waals surface area contributed by atoms with Gasteiger partial charge in [0.05, 0.1) is 5.56 Å². The van der Waals surface area contributed by atoms with Crippen molar-refractivity contribution in [2.45, 2.75) is 45.1 Å². The van der Waals surface area contributed by atoms with Crippen LogP contribution in [0, 0.1) is 0 Å². The van der Waals surface area contributed by atoms with E-state index >= 15 is 0 Å². The van der Waals surface area contributed by atoms with Crippen molar-refractivity contribution in [2.75, 3.05) is 13.3 Å². The topological polar surface area (TPSA) is 49.8 Å². The number of carboxylic acid groups (broad SMARTS) is 1. The van der Waals surface area contributed by atoms with Gasteiger partial charge in [-0.2, -0.15) is 0 Å². The molecule has 0 bridgehead atoms. The molecule has 0 unspecified atom stereocenters. The van der Waals surface area contributed by atoms with Gasteiger partial charge in [0.1, 0.15) is 12.5 Å². The highest BCUT2D eigenvalue weighted by atomic mass is 16.5. The maximum Gasteiger partial charge on any atom is 0.335 e. The fourth-order valence-electron chi connectivity index (χ4n) is 2.78. The highest BCUT2D eigenvalue weighted by Crippen LogP contribution is 2.23. The normalized spacial score (nSPS) is 16.3. The van der Waals surface area contributed by atoms with Crippen molar-refractivity contribution >= 4 is 5.97 Å². The van der Waals surface area contributed by atoms with Gasteiger partial charge in [0.15, 0.2) is 0 Å². The van der Waals surface area contributed by atoms with Crippen LogP contribution < -0.4 is 4.74 Å². The summed E-state index contributed by atoms with van der Waals surface area (Å²) in [5.74, 6) is -0.297. The Morgan fingerprint density at radius 2 is 2.10 bits per heavy atom. The van der Waals surface area contributed by atoms with Crippen molar-refractivity contribution in [1.82, 2.24) is 4.90 Å². The first-order valence-corrected chi connectivity index (χ1v) is 7.41. The summed E-state index contributed by atoms with van der Waals surface area (Å²) in [5, 5.41) is 8.97. The van der Waals surface area contributed by atoms with Crippen LogP contribution in [0.2, 0.25) is 0 Å². The van der Waals surface area contributed by atoms with Crippen molar-refractivity contribution < 1.29 is 14.6 Å². The summed E-state index contributed by atoms with van der Waals surface area (Å²) in [6, 6.07) is 7.29. The maximum atomic E-state index is 10.9. The number of hydrogen-bond acceptors (Lipinski definition) is 3. The number of hydrogen-bond donors (Lipinski definition) is 1. The Balaban J connectivity index is 1.92. The van der Waals surface area contributed by atoms with Crippen LogP contribution in [-0.4, -0.2) is 35.3 Å². The lowest BCUT2D eigenvalue weighted by molar-refractivity contribution is 0.0678. The van der Waals surface area contributed by atoms with Gasteiger partial charge in [-0.25, -0.2) is 4.79 Å². The van der Waals surface area contributed by atoms with Gasteiger partial charge in [-0.1, -0.05) is 32.3 Å². The average molecular weight is 277 g/mol. The average Bonchev–Trinajstić information content (AvgIpc) is 2.49. The van der Waals surface area contributed by atoms with E-state index in [4.69, 9.17) is 9.84 Å². The van der Waals surface area contributed by atoms with E-state index in [9.17, 15) is 4.79 Å². The Hall–Kier alpha value is -1.55. The summed E-state index contributed by atoms with van der Waals surface area (Å²) in [4.78, 5) is 13.3. The standard InChI is InChI=1S/C16H23NO3/c1-2-17(14-8-4-3-5-9-14)12-20-15-10-6-7-13(11-15)16(18)19/h6-7,10-11,14H,2-5,8-9,12H2,1H3,(H,18,19). The molecule has 1 aromatic rings. The molecule has 0 saturated heterocycles. The molecule has 1 aromatic carbocycles. The Labute approximate surface area is 120 Å². The van der Waals surface area contributed by atoms with Crippen LogP contribution in [0.4, 0.5) is 0 Å². The molecule has 4 heteroatoms. The summed E-state index contributed by atoms with van der Waals surface area (Å²) in [6.45, 7) is 3.64. The molecule has 1 fully saturated rings. The number of rotatable bonds is 6. The molecule has 0 heterocycles. The molecule has 1 N–H and O–H groups in total. The Morgan fingerprint density at radius 1 is 1.35 bits per heavy atom. The predicted octanol–water partition coefficient (Wildman–Crippen LogP) is 3.38. The first kappa shape index (κ1) is 14.9. The Morgan fingerprint density at radius 3 is 2.75 bits per heavy atom. The molecule has 2 rings (SSSR count). The fourth-order valence-corrected chi connectivity index (χ4v) is 2.78. The van der Waals surface area contributed by atoms with Gasteiger partial charge in [-0.05, 0) is 37.6 Å². The van der Waals surface area contributed by atoms with Crippen LogP contribution in [0.5, 0.6) is 5.75 Å². The summed E-state index contributed by atoms with van der Waals surface area (Å²) in [5.41, 5.74) is 0.267. The van der Waals surface area contributed by atoms with Gasteiger partial charge in [-0.15, -0.1) is 0 Å². The van der Waals surface area contributed by atoms with E-state index in [1.54, 1.807) is 24.3 Å². The molecule has 0 amide bonds. The number of ether oxygens (including phenoxy) is 1. The van der Waals surface area contributed by atoms with E-state index in [-0.39, 0.29) is 5.56 Å². The van der Waals surface area contributed by atoms with E-state index in [1.165, 1.54) is 32.1 Å². The molecular formula is C16H23NO3. The molecule has 1 saturated carbocycles. The minimum atomic E-state index is -0.921. The Bertz CT molecular complexity index is 441. The number of nitrogens with zero attached hydrogens (tertiary/aromatic N) is 1. The zero-order valence-corrected chi connectivity index (χ0v) is 12.0. The van der Waals surface area contributed by atoms with Crippen LogP contribution in [-0.2, 0) is 0 Å². The van der Waals surface area contributed by atoms with Crippen LogP contribution >= 0.6 is 0 Å². The molecule has 0 atom stereocenters. The lowest BCUT2D eigenvalue weighted by atomic mass is 9.94. The highest BCUT2D eigenvalue weighted by molar-refractivity contribution is 5.87. The third-order valence-electron chi connectivity index (χ3n) is 3.98. The van der Waals surface area contributed by atoms with Crippen molar-refractivity contribution in [2.24, 2.45) is 0 Å². The van der Waals surface area contributed by atoms with Crippen molar-refractivity contribution in [1.29, 1.82) is 0 Å². The van der Waals surface area contributed by atoms with Gasteiger partial charge < -0.3 is 9.84 Å². The number of aromatic carboxylic acids is 1. The molecular weight excluding hydrogens is 254 g/mol. The molecule has 20 heavy (non-hydrogen) atoms. The predicted molar refractivity (Wildman–Crippen MR) is 78.1 cm³/mol. The molecule has 1 aliphatic rings. The van der Waals surface area contributed by atoms with E-state index < -0.39 is 5.97 Å². The SMILES string of the molecule is CCN(COc1cccc(C(=O)O)c1)C1CCCCC1. The van der Waals surface area contributed by atoms with Crippen LogP contribution in [0.25, 0.3) is 0 Å². The second-order valence-electron chi connectivity index (χ2n) is 5.30. The molecule has 0 aromatic heterocycles. The lowest BCUT2D eigenvalue weighted by Gasteiger charge is -2.33. The smallest absolute Gasteiger partial charge is 0.335 e. The summed E-state index contributed by atoms with van der Waals surface area (Å²) < 4.78 is 5.77. The first-order chi connectivity index (χ1) is 9.70. The zero-order chi connectivity index (χ0) is 14.4. The van der Waals surface area contributed by atoms with Gasteiger partial charge in [0.2, 0.25) is 0 Å². The van der Waals surface area contributed by atoms with Gasteiger partial charge >= 0.3 is 5.97 Å². The van der Waals surface area contributed by atoms with Gasteiger partial charge in [-0.3, -0.25) is 4.90 Å². The second-order valence-corrected chi connectivity index (χ2v) is 5.30. The van der Waals surface area contributed by atoms with E-state index in [0.717, 1.165) is 6.54 Å². The van der Waals surface area contributed by atoms with E-state index in [2.05, 4.69) is 11.8 Å². The lowest BCUT2D eigenvalue weighted by Crippen LogP contribution is -2.39. The van der Waals surface area contributed by atoms with Crippen molar-refractivity contribution in [3.05, 3.63) is 29.8 Å². The fraction of sp³-hybridized carbons (Fsp3) is 0.562. The monoisotopic (exact) mass is 277 g/mol. The molecule has 0 aliphatic heterocycles. The molecule has 110 valence electrons. The highest BCUT2D eigenvalue weighted by Gasteiger charge is 2.20. The number of carbonyl (C=O) groups is 1. The summed E-state index contributed by atoms with van der Waals surface area (Å²) in [6.07, 6.45) is 6.43. The minimum Gasteiger partial charge on any atom is -0.478 e. The molecule has 0 spiro atoms. The zero-order valence-electron chi connectivity index (χ0n) is 12.0. The summed E-state index contributed by atoms with van der Waals surface area (Å²) in [7, 11) is 0. The molecule has 4 nitrogen and oxygen atoms in total. The van der Waals surface area contributed by atoms with E-state index in [0.29, 0.717) is 18.5 Å². The van der Waals surface area contributed by atoms with Crippen LogP contribution in [0.3, 0.4) is 0 Å². The maximum absolute atomic E-state index is 10.9. The first-order valence-electron chi connectivity index (χ1n) is 7.41. The third kappa shape index (κ3) is 3.97. The third-order valence-corrected chi connectivity index (χ3v) is 3.98. The van der Waals surface area contributed by atoms with Gasteiger partial charge in [0.25, 0.3) is 0 Å². The van der Waals surface area contributed by atoms with E-state index in [1.807, 2.05) is 0 Å². The minimum absolute atomic E-state index is 0.267. The summed E-state index contributed by atoms with van der Waals surface area (Å²) >= 11 is 0. The molecule has 0 radical (unpaired) electrons. The Kier molecular flexibility index (Phi) is 5.41. The van der Waals surface area contributed by atoms with Crippen molar-refractivity contribution in [3.63, 3.8) is 0 Å². The van der Waals surface area contributed by atoms with Crippen molar-refractivity contribution in [3.8, 4) is 5.75 Å². The number of benzene rings is 1. The number of carboxylic acids is 1. The van der Waals surface area contributed by atoms with Gasteiger partial charge in [0, 0.05) is 6.04 Å². The van der Waals surface area contributed by atoms with Crippen LogP contribution in [0.1, 0.15) is 49.4 Å². The molecule has 1 aliphatic carbocycles. The van der Waals surface area contributed by atoms with Crippen LogP contribution in [0.15, 0.2) is 24.3 Å².